The molecule has 1 unspecified atom stereocenters. The minimum atomic E-state index is -0.585. The second-order valence-electron chi connectivity index (χ2n) is 5.77. The molecular weight excluding hydrogens is 328 g/mol. The normalized spacial score (nSPS) is 13.0. The average Bonchev–Trinajstić information content (AvgIpc) is 2.56. The molecule has 0 bridgehead atoms. The van der Waals surface area contributed by atoms with Gasteiger partial charge in [-0.15, -0.1) is 0 Å². The van der Waals surface area contributed by atoms with E-state index in [9.17, 15) is 18.4 Å². The van der Waals surface area contributed by atoms with Crippen molar-refractivity contribution in [3.63, 3.8) is 0 Å². The molecule has 0 aliphatic carbocycles. The van der Waals surface area contributed by atoms with E-state index in [0.717, 1.165) is 0 Å². The topological polar surface area (TPSA) is 62.6 Å². The Labute approximate surface area is 144 Å². The number of anilines is 2. The zero-order valence-corrected chi connectivity index (χ0v) is 14.0. The molecule has 0 aromatic heterocycles. The Bertz CT molecular complexity index is 767. The van der Waals surface area contributed by atoms with Gasteiger partial charge in [-0.25, -0.2) is 8.78 Å². The lowest BCUT2D eigenvalue weighted by Gasteiger charge is -2.20. The fourth-order valence-corrected chi connectivity index (χ4v) is 2.21. The van der Waals surface area contributed by atoms with E-state index in [4.69, 9.17) is 0 Å². The molecule has 0 saturated carbocycles. The van der Waals surface area contributed by atoms with Crippen molar-refractivity contribution in [3.8, 4) is 0 Å². The molecule has 2 atom stereocenters. The highest BCUT2D eigenvalue weighted by molar-refractivity contribution is 5.94. The van der Waals surface area contributed by atoms with Crippen molar-refractivity contribution in [2.45, 2.75) is 13.0 Å². The zero-order valence-electron chi connectivity index (χ0n) is 14.0. The van der Waals surface area contributed by atoms with Gasteiger partial charge >= 0.3 is 0 Å². The molecule has 0 saturated heterocycles. The van der Waals surface area contributed by atoms with Crippen LogP contribution in [0.4, 0.5) is 20.2 Å². The summed E-state index contributed by atoms with van der Waals surface area (Å²) in [7, 11) is 1.68. The number of rotatable bonds is 6. The number of amides is 2. The van der Waals surface area contributed by atoms with Crippen LogP contribution in [0, 0.1) is 11.6 Å². The van der Waals surface area contributed by atoms with Gasteiger partial charge in [-0.2, -0.15) is 0 Å². The summed E-state index contributed by atoms with van der Waals surface area (Å²) in [5.41, 5.74) is 0.442. The molecular formula is C18H20F2N3O2+. The number of carbonyl (C=O) groups excluding carboxylic acids is 2. The highest BCUT2D eigenvalue weighted by Crippen LogP contribution is 2.12. The maximum Gasteiger partial charge on any atom is 0.282 e. The van der Waals surface area contributed by atoms with Gasteiger partial charge in [0.05, 0.1) is 12.7 Å². The van der Waals surface area contributed by atoms with Crippen LogP contribution < -0.4 is 15.5 Å². The number of hydrogen-bond donors (Lipinski definition) is 3. The third-order valence-corrected chi connectivity index (χ3v) is 3.81. The first-order chi connectivity index (χ1) is 11.9. The number of para-hydroxylation sites is 1. The molecule has 7 heteroatoms. The first-order valence-electron chi connectivity index (χ1n) is 7.80. The smallest absolute Gasteiger partial charge is 0.282 e. The van der Waals surface area contributed by atoms with Crippen LogP contribution in [-0.2, 0) is 9.59 Å². The summed E-state index contributed by atoms with van der Waals surface area (Å²) >= 11 is 0. The van der Waals surface area contributed by atoms with Crippen molar-refractivity contribution in [1.82, 2.24) is 0 Å². The summed E-state index contributed by atoms with van der Waals surface area (Å²) < 4.78 is 26.7. The summed E-state index contributed by atoms with van der Waals surface area (Å²) in [4.78, 5) is 24.9. The van der Waals surface area contributed by atoms with E-state index in [1.165, 1.54) is 36.4 Å². The lowest BCUT2D eigenvalue weighted by molar-refractivity contribution is -0.885. The SMILES string of the molecule is C[C@H](C(=O)Nc1ccccc1F)[NH+](C)CC(=O)Nc1cccc(F)c1. The lowest BCUT2D eigenvalue weighted by atomic mass is 10.2. The molecule has 0 aliphatic rings. The monoisotopic (exact) mass is 348 g/mol. The minimum absolute atomic E-state index is 0.00235. The molecule has 0 spiro atoms. The van der Waals surface area contributed by atoms with Gasteiger partial charge in [0.25, 0.3) is 11.8 Å². The van der Waals surface area contributed by atoms with E-state index in [0.29, 0.717) is 10.6 Å². The van der Waals surface area contributed by atoms with Crippen molar-refractivity contribution in [3.05, 3.63) is 60.2 Å². The number of likely N-dealkylation sites (N-methyl/N-ethyl adjacent to an activating group) is 1. The van der Waals surface area contributed by atoms with Crippen LogP contribution in [0.3, 0.4) is 0 Å². The van der Waals surface area contributed by atoms with Gasteiger partial charge in [-0.05, 0) is 37.3 Å². The highest BCUT2D eigenvalue weighted by atomic mass is 19.1. The quantitative estimate of drug-likeness (QED) is 0.740. The van der Waals surface area contributed by atoms with Crippen LogP contribution in [0.1, 0.15) is 6.92 Å². The predicted molar refractivity (Wildman–Crippen MR) is 91.3 cm³/mol. The van der Waals surface area contributed by atoms with Crippen molar-refractivity contribution >= 4 is 23.2 Å². The summed E-state index contributed by atoms with van der Waals surface area (Å²) in [6.45, 7) is 1.64. The fourth-order valence-electron chi connectivity index (χ4n) is 2.21. The van der Waals surface area contributed by atoms with Crippen molar-refractivity contribution in [2.75, 3.05) is 24.2 Å². The van der Waals surface area contributed by atoms with E-state index in [2.05, 4.69) is 10.6 Å². The number of quaternary nitrogens is 1. The summed E-state index contributed by atoms with van der Waals surface area (Å²) in [6, 6.07) is 10.8. The second kappa shape index (κ2) is 8.34. The molecule has 132 valence electrons. The second-order valence-corrected chi connectivity index (χ2v) is 5.77. The molecule has 2 rings (SSSR count). The van der Waals surface area contributed by atoms with Crippen LogP contribution in [0.15, 0.2) is 48.5 Å². The van der Waals surface area contributed by atoms with Crippen LogP contribution in [0.25, 0.3) is 0 Å². The Morgan fingerprint density at radius 2 is 1.80 bits per heavy atom. The van der Waals surface area contributed by atoms with Crippen LogP contribution in [0.2, 0.25) is 0 Å². The summed E-state index contributed by atoms with van der Waals surface area (Å²) in [6.07, 6.45) is 0. The molecule has 0 radical (unpaired) electrons. The predicted octanol–water partition coefficient (Wildman–Crippen LogP) is 1.45. The molecule has 2 amide bonds. The van der Waals surface area contributed by atoms with E-state index in [-0.39, 0.29) is 18.1 Å². The Morgan fingerprint density at radius 3 is 2.48 bits per heavy atom. The van der Waals surface area contributed by atoms with Crippen LogP contribution in [0.5, 0.6) is 0 Å². The van der Waals surface area contributed by atoms with Gasteiger partial charge in [-0.3, -0.25) is 9.59 Å². The lowest BCUT2D eigenvalue weighted by Crippen LogP contribution is -3.14. The van der Waals surface area contributed by atoms with Gasteiger partial charge in [0.1, 0.15) is 11.6 Å². The molecule has 0 heterocycles. The van der Waals surface area contributed by atoms with E-state index in [1.54, 1.807) is 26.1 Å². The Kier molecular flexibility index (Phi) is 6.19. The first-order valence-corrected chi connectivity index (χ1v) is 7.80. The molecule has 2 aromatic carbocycles. The number of nitrogens with one attached hydrogen (secondary N) is 3. The molecule has 0 aliphatic heterocycles. The Balaban J connectivity index is 1.90. The van der Waals surface area contributed by atoms with E-state index >= 15 is 0 Å². The molecule has 25 heavy (non-hydrogen) atoms. The van der Waals surface area contributed by atoms with Crippen LogP contribution in [-0.4, -0.2) is 31.4 Å². The standard InChI is InChI=1S/C18H19F2N3O2/c1-12(18(25)22-16-9-4-3-8-15(16)20)23(2)11-17(24)21-14-7-5-6-13(19)10-14/h3-10,12H,11H2,1-2H3,(H,21,24)(H,22,25)/p+1/t12-/m1/s1. The minimum Gasteiger partial charge on any atom is -0.321 e. The van der Waals surface area contributed by atoms with Gasteiger partial charge in [0, 0.05) is 5.69 Å². The fraction of sp³-hybridized carbons (Fsp3) is 0.222. The van der Waals surface area contributed by atoms with Gasteiger partial charge < -0.3 is 15.5 Å². The van der Waals surface area contributed by atoms with E-state index < -0.39 is 23.6 Å². The number of hydrogen-bond acceptors (Lipinski definition) is 2. The maximum absolute atomic E-state index is 13.6. The highest BCUT2D eigenvalue weighted by Gasteiger charge is 2.24. The van der Waals surface area contributed by atoms with Gasteiger partial charge in [0.15, 0.2) is 12.6 Å². The largest absolute Gasteiger partial charge is 0.321 e. The van der Waals surface area contributed by atoms with E-state index in [1.807, 2.05) is 0 Å². The van der Waals surface area contributed by atoms with Crippen molar-refractivity contribution in [2.24, 2.45) is 0 Å². The van der Waals surface area contributed by atoms with Crippen molar-refractivity contribution < 1.29 is 23.3 Å². The molecule has 5 nitrogen and oxygen atoms in total. The first kappa shape index (κ1) is 18.5. The van der Waals surface area contributed by atoms with Gasteiger partial charge in [-0.1, -0.05) is 18.2 Å². The zero-order chi connectivity index (χ0) is 18.4. The maximum atomic E-state index is 13.6. The number of benzene rings is 2. The van der Waals surface area contributed by atoms with Gasteiger partial charge in [0.2, 0.25) is 0 Å². The number of halogens is 2. The number of carbonyl (C=O) groups is 2. The molecule has 2 aromatic rings. The summed E-state index contributed by atoms with van der Waals surface area (Å²) in [5.74, 6) is -1.73. The van der Waals surface area contributed by atoms with Crippen LogP contribution >= 0.6 is 0 Å². The third-order valence-electron chi connectivity index (χ3n) is 3.81. The van der Waals surface area contributed by atoms with Crippen molar-refractivity contribution in [1.29, 1.82) is 0 Å². The average molecular weight is 348 g/mol. The summed E-state index contributed by atoms with van der Waals surface area (Å²) in [5, 5.41) is 5.08. The Hall–Kier alpha value is -2.80. The molecule has 3 N–H and O–H groups in total. The Morgan fingerprint density at radius 1 is 1.08 bits per heavy atom. The third kappa shape index (κ3) is 5.36. The molecule has 0 fully saturated rings.